The summed E-state index contributed by atoms with van der Waals surface area (Å²) in [7, 11) is 0. The van der Waals surface area contributed by atoms with Gasteiger partial charge in [-0.3, -0.25) is 10.1 Å². The number of hydrogen-bond donors (Lipinski definition) is 2. The summed E-state index contributed by atoms with van der Waals surface area (Å²) >= 11 is 7.28. The first kappa shape index (κ1) is 18.2. The predicted molar refractivity (Wildman–Crippen MR) is 104 cm³/mol. The first-order chi connectivity index (χ1) is 13.1. The molecule has 1 unspecified atom stereocenters. The number of fused-ring (bicyclic) bond motifs is 1. The molecule has 0 bridgehead atoms. The fourth-order valence-electron chi connectivity index (χ4n) is 3.13. The third-order valence-electron chi connectivity index (χ3n) is 4.57. The summed E-state index contributed by atoms with van der Waals surface area (Å²) in [5.74, 6) is -0.143. The molecule has 4 rings (SSSR count). The predicted octanol–water partition coefficient (Wildman–Crippen LogP) is 3.50. The van der Waals surface area contributed by atoms with Crippen LogP contribution in [0, 0.1) is 0 Å². The number of hydrogen-bond acceptors (Lipinski definition) is 5. The number of benzene rings is 1. The molecule has 0 aliphatic carbocycles. The summed E-state index contributed by atoms with van der Waals surface area (Å²) in [6, 6.07) is 6.83. The quantitative estimate of drug-likeness (QED) is 0.817. The van der Waals surface area contributed by atoms with Crippen molar-refractivity contribution in [3.63, 3.8) is 0 Å². The van der Waals surface area contributed by atoms with E-state index in [0.29, 0.717) is 42.0 Å². The molecule has 2 N–H and O–H groups in total. The Balaban J connectivity index is 1.37. The zero-order chi connectivity index (χ0) is 18.8. The van der Waals surface area contributed by atoms with Crippen molar-refractivity contribution in [3.8, 4) is 0 Å². The topological polar surface area (TPSA) is 83.6 Å². The van der Waals surface area contributed by atoms with E-state index in [0.717, 1.165) is 23.4 Å². The summed E-state index contributed by atoms with van der Waals surface area (Å²) in [6.07, 6.45) is 1.93. The van der Waals surface area contributed by atoms with E-state index < -0.39 is 0 Å². The number of carbonyl (C=O) groups is 2. The SMILES string of the molecule is O=C(Nc1nc2c(s1)CN(C(=O)Nc1ccc(Cl)cc1)CC2)C1CCCO1. The van der Waals surface area contributed by atoms with Crippen molar-refractivity contribution in [2.45, 2.75) is 31.9 Å². The van der Waals surface area contributed by atoms with E-state index in [2.05, 4.69) is 15.6 Å². The second-order valence-electron chi connectivity index (χ2n) is 6.49. The number of aromatic nitrogens is 1. The molecular weight excluding hydrogens is 388 g/mol. The first-order valence-corrected chi connectivity index (χ1v) is 10.0. The zero-order valence-electron chi connectivity index (χ0n) is 14.5. The highest BCUT2D eigenvalue weighted by atomic mass is 35.5. The molecule has 1 fully saturated rings. The molecule has 3 heterocycles. The van der Waals surface area contributed by atoms with E-state index in [-0.39, 0.29) is 18.0 Å². The maximum atomic E-state index is 12.5. The lowest BCUT2D eigenvalue weighted by molar-refractivity contribution is -0.124. The molecule has 2 aliphatic rings. The van der Waals surface area contributed by atoms with Gasteiger partial charge in [0.2, 0.25) is 0 Å². The van der Waals surface area contributed by atoms with Crippen LogP contribution in [0.2, 0.25) is 5.02 Å². The van der Waals surface area contributed by atoms with Crippen LogP contribution in [0.1, 0.15) is 23.4 Å². The zero-order valence-corrected chi connectivity index (χ0v) is 16.1. The number of thiazole rings is 1. The van der Waals surface area contributed by atoms with Crippen LogP contribution in [-0.2, 0) is 22.5 Å². The van der Waals surface area contributed by atoms with Gasteiger partial charge in [-0.25, -0.2) is 9.78 Å². The van der Waals surface area contributed by atoms with E-state index >= 15 is 0 Å². The number of urea groups is 1. The van der Waals surface area contributed by atoms with Crippen LogP contribution in [0.25, 0.3) is 0 Å². The van der Waals surface area contributed by atoms with Crippen LogP contribution >= 0.6 is 22.9 Å². The lowest BCUT2D eigenvalue weighted by Gasteiger charge is -2.26. The number of anilines is 2. The summed E-state index contributed by atoms with van der Waals surface area (Å²) in [6.45, 7) is 1.68. The molecule has 27 heavy (non-hydrogen) atoms. The van der Waals surface area contributed by atoms with Crippen molar-refractivity contribution in [2.75, 3.05) is 23.8 Å². The third-order valence-corrected chi connectivity index (χ3v) is 5.82. The highest BCUT2D eigenvalue weighted by Gasteiger charge is 2.27. The van der Waals surface area contributed by atoms with Gasteiger partial charge in [-0.15, -0.1) is 0 Å². The summed E-state index contributed by atoms with van der Waals surface area (Å²) in [4.78, 5) is 31.9. The first-order valence-electron chi connectivity index (χ1n) is 8.81. The van der Waals surface area contributed by atoms with Gasteiger partial charge in [0, 0.05) is 35.2 Å². The molecule has 1 saturated heterocycles. The average Bonchev–Trinajstić information content (AvgIpc) is 3.32. The lowest BCUT2D eigenvalue weighted by Crippen LogP contribution is -2.38. The second-order valence-corrected chi connectivity index (χ2v) is 8.01. The molecule has 9 heteroatoms. The number of rotatable bonds is 3. The Hall–Kier alpha value is -2.16. The minimum atomic E-state index is -0.382. The summed E-state index contributed by atoms with van der Waals surface area (Å²) in [5.41, 5.74) is 1.64. The Labute approximate surface area is 165 Å². The Morgan fingerprint density at radius 2 is 2.07 bits per heavy atom. The molecule has 3 amide bonds. The van der Waals surface area contributed by atoms with Crippen LogP contribution < -0.4 is 10.6 Å². The normalized spacial score (nSPS) is 18.9. The van der Waals surface area contributed by atoms with Crippen LogP contribution in [-0.4, -0.2) is 41.1 Å². The molecular formula is C18H19ClN4O3S. The summed E-state index contributed by atoms with van der Waals surface area (Å²) < 4.78 is 5.40. The molecule has 2 aliphatic heterocycles. The maximum absolute atomic E-state index is 12.5. The molecule has 0 spiro atoms. The van der Waals surface area contributed by atoms with Crippen LogP contribution in [0.15, 0.2) is 24.3 Å². The number of nitrogens with zero attached hydrogens (tertiary/aromatic N) is 2. The van der Waals surface area contributed by atoms with Crippen molar-refractivity contribution >= 4 is 45.7 Å². The second kappa shape index (κ2) is 7.84. The minimum absolute atomic E-state index is 0.143. The fraction of sp³-hybridized carbons (Fsp3) is 0.389. The van der Waals surface area contributed by atoms with Crippen molar-refractivity contribution in [2.24, 2.45) is 0 Å². The Morgan fingerprint density at radius 1 is 1.26 bits per heavy atom. The van der Waals surface area contributed by atoms with Crippen molar-refractivity contribution < 1.29 is 14.3 Å². The molecule has 1 aromatic carbocycles. The van der Waals surface area contributed by atoms with Gasteiger partial charge >= 0.3 is 6.03 Å². The molecule has 0 saturated carbocycles. The molecule has 142 valence electrons. The smallest absolute Gasteiger partial charge is 0.322 e. The lowest BCUT2D eigenvalue weighted by atomic mass is 10.2. The van der Waals surface area contributed by atoms with Crippen molar-refractivity contribution in [1.82, 2.24) is 9.88 Å². The van der Waals surface area contributed by atoms with Gasteiger partial charge in [-0.2, -0.15) is 0 Å². The van der Waals surface area contributed by atoms with Crippen LogP contribution in [0.3, 0.4) is 0 Å². The molecule has 1 aromatic heterocycles. The number of carbonyl (C=O) groups excluding carboxylic acids is 2. The maximum Gasteiger partial charge on any atom is 0.322 e. The van der Waals surface area contributed by atoms with Gasteiger partial charge in [-0.1, -0.05) is 22.9 Å². The number of amides is 3. The third kappa shape index (κ3) is 4.23. The Morgan fingerprint density at radius 3 is 2.81 bits per heavy atom. The standard InChI is InChI=1S/C18H19ClN4O3S/c19-11-3-5-12(6-4-11)20-18(25)23-8-7-13-15(10-23)27-17(21-13)22-16(24)14-2-1-9-26-14/h3-6,14H,1-2,7-10H2,(H,20,25)(H,21,22,24). The van der Waals surface area contributed by atoms with Crippen LogP contribution in [0.4, 0.5) is 15.6 Å². The number of halogens is 1. The number of nitrogens with one attached hydrogen (secondary N) is 2. The van der Waals surface area contributed by atoms with E-state index in [1.165, 1.54) is 11.3 Å². The van der Waals surface area contributed by atoms with Gasteiger partial charge in [0.25, 0.3) is 5.91 Å². The Bertz CT molecular complexity index is 849. The van der Waals surface area contributed by atoms with E-state index in [4.69, 9.17) is 16.3 Å². The highest BCUT2D eigenvalue weighted by Crippen LogP contribution is 2.29. The van der Waals surface area contributed by atoms with Crippen molar-refractivity contribution in [1.29, 1.82) is 0 Å². The average molecular weight is 407 g/mol. The van der Waals surface area contributed by atoms with Gasteiger partial charge in [0.05, 0.1) is 12.2 Å². The fourth-order valence-corrected chi connectivity index (χ4v) is 4.28. The largest absolute Gasteiger partial charge is 0.368 e. The molecule has 1 atom stereocenters. The van der Waals surface area contributed by atoms with Gasteiger partial charge in [0.1, 0.15) is 6.10 Å². The van der Waals surface area contributed by atoms with Crippen LogP contribution in [0.5, 0.6) is 0 Å². The summed E-state index contributed by atoms with van der Waals surface area (Å²) in [5, 5.41) is 6.91. The van der Waals surface area contributed by atoms with E-state index in [9.17, 15) is 9.59 Å². The van der Waals surface area contributed by atoms with Gasteiger partial charge in [-0.05, 0) is 37.1 Å². The van der Waals surface area contributed by atoms with E-state index in [1.807, 2.05) is 0 Å². The molecule has 0 radical (unpaired) electrons. The van der Waals surface area contributed by atoms with E-state index in [1.54, 1.807) is 29.2 Å². The highest BCUT2D eigenvalue weighted by molar-refractivity contribution is 7.15. The minimum Gasteiger partial charge on any atom is -0.368 e. The van der Waals surface area contributed by atoms with Gasteiger partial charge in [0.15, 0.2) is 5.13 Å². The number of ether oxygens (including phenoxy) is 1. The van der Waals surface area contributed by atoms with Crippen molar-refractivity contribution in [3.05, 3.63) is 39.9 Å². The molecule has 2 aromatic rings. The Kier molecular flexibility index (Phi) is 5.29. The molecule has 7 nitrogen and oxygen atoms in total. The monoisotopic (exact) mass is 406 g/mol. The van der Waals surface area contributed by atoms with Gasteiger partial charge < -0.3 is 15.0 Å².